The Kier molecular flexibility index (Phi) is 3.55. The SMILES string of the molecule is C=CC1(c2ccccc2)OC(C(=O)OC)=Cc2ccccc21. The first kappa shape index (κ1) is 14.1. The average molecular weight is 292 g/mol. The van der Waals surface area contributed by atoms with E-state index in [9.17, 15) is 4.79 Å². The van der Waals surface area contributed by atoms with E-state index in [2.05, 4.69) is 6.58 Å². The van der Waals surface area contributed by atoms with Crippen molar-refractivity contribution in [3.05, 3.63) is 89.7 Å². The number of fused-ring (bicyclic) bond motifs is 1. The van der Waals surface area contributed by atoms with Crippen molar-refractivity contribution in [1.29, 1.82) is 0 Å². The Labute approximate surface area is 129 Å². The molecule has 0 saturated carbocycles. The third-order valence-electron chi connectivity index (χ3n) is 3.80. The van der Waals surface area contributed by atoms with Crippen molar-refractivity contribution in [1.82, 2.24) is 0 Å². The Hall–Kier alpha value is -2.81. The Balaban J connectivity index is 2.25. The molecule has 1 heterocycles. The molecule has 0 aromatic heterocycles. The standard InChI is InChI=1S/C19H16O3/c1-3-19(15-10-5-4-6-11-15)16-12-8-7-9-14(16)13-17(22-19)18(20)21-2/h3-13H,1H2,2H3. The van der Waals surface area contributed by atoms with Gasteiger partial charge in [0.05, 0.1) is 7.11 Å². The molecule has 0 amide bonds. The van der Waals surface area contributed by atoms with Gasteiger partial charge in [-0.15, -0.1) is 0 Å². The highest BCUT2D eigenvalue weighted by Crippen LogP contribution is 2.42. The third kappa shape index (κ3) is 2.11. The molecule has 0 saturated heterocycles. The fourth-order valence-corrected chi connectivity index (χ4v) is 2.73. The van der Waals surface area contributed by atoms with Crippen molar-refractivity contribution in [2.24, 2.45) is 0 Å². The van der Waals surface area contributed by atoms with Crippen molar-refractivity contribution in [2.45, 2.75) is 5.60 Å². The maximum absolute atomic E-state index is 12.0. The molecule has 3 heteroatoms. The number of carbonyl (C=O) groups is 1. The topological polar surface area (TPSA) is 35.5 Å². The maximum atomic E-state index is 12.0. The highest BCUT2D eigenvalue weighted by atomic mass is 16.6. The molecule has 22 heavy (non-hydrogen) atoms. The zero-order chi connectivity index (χ0) is 15.6. The van der Waals surface area contributed by atoms with Gasteiger partial charge in [-0.05, 0) is 17.7 Å². The highest BCUT2D eigenvalue weighted by molar-refractivity contribution is 5.92. The molecule has 2 aromatic carbocycles. The van der Waals surface area contributed by atoms with Crippen LogP contribution in [-0.2, 0) is 19.9 Å². The normalized spacial score (nSPS) is 19.4. The van der Waals surface area contributed by atoms with Gasteiger partial charge in [-0.1, -0.05) is 61.2 Å². The van der Waals surface area contributed by atoms with Crippen LogP contribution in [0.1, 0.15) is 16.7 Å². The number of hydrogen-bond acceptors (Lipinski definition) is 3. The first-order valence-corrected chi connectivity index (χ1v) is 6.99. The number of carbonyl (C=O) groups excluding carboxylic acids is 1. The summed E-state index contributed by atoms with van der Waals surface area (Å²) in [5.74, 6) is -0.332. The van der Waals surface area contributed by atoms with Gasteiger partial charge in [-0.25, -0.2) is 4.79 Å². The van der Waals surface area contributed by atoms with E-state index in [4.69, 9.17) is 9.47 Å². The van der Waals surface area contributed by atoms with Crippen LogP contribution in [0.5, 0.6) is 0 Å². The summed E-state index contributed by atoms with van der Waals surface area (Å²) in [5, 5.41) is 0. The van der Waals surface area contributed by atoms with Crippen LogP contribution >= 0.6 is 0 Å². The van der Waals surface area contributed by atoms with E-state index in [0.717, 1.165) is 16.7 Å². The lowest BCUT2D eigenvalue weighted by molar-refractivity contribution is -0.142. The second-order valence-corrected chi connectivity index (χ2v) is 5.00. The Bertz CT molecular complexity index is 746. The number of ether oxygens (including phenoxy) is 2. The fraction of sp³-hybridized carbons (Fsp3) is 0.105. The van der Waals surface area contributed by atoms with Crippen molar-refractivity contribution in [3.63, 3.8) is 0 Å². The van der Waals surface area contributed by atoms with Gasteiger partial charge in [0.2, 0.25) is 5.76 Å². The fourth-order valence-electron chi connectivity index (χ4n) is 2.73. The molecule has 0 bridgehead atoms. The number of rotatable bonds is 3. The molecule has 2 aromatic rings. The predicted molar refractivity (Wildman–Crippen MR) is 84.9 cm³/mol. The quantitative estimate of drug-likeness (QED) is 0.639. The lowest BCUT2D eigenvalue weighted by Crippen LogP contribution is -2.33. The largest absolute Gasteiger partial charge is 0.466 e. The van der Waals surface area contributed by atoms with Crippen molar-refractivity contribution >= 4 is 12.0 Å². The van der Waals surface area contributed by atoms with E-state index in [0.29, 0.717) is 0 Å². The molecule has 0 aliphatic carbocycles. The van der Waals surface area contributed by atoms with E-state index in [1.54, 1.807) is 12.2 Å². The van der Waals surface area contributed by atoms with Crippen LogP contribution < -0.4 is 0 Å². The summed E-state index contributed by atoms with van der Waals surface area (Å²) in [5.41, 5.74) is 1.87. The van der Waals surface area contributed by atoms with Crippen molar-refractivity contribution in [3.8, 4) is 0 Å². The monoisotopic (exact) mass is 292 g/mol. The molecule has 1 aliphatic heterocycles. The first-order valence-electron chi connectivity index (χ1n) is 6.99. The maximum Gasteiger partial charge on any atom is 0.373 e. The molecule has 3 rings (SSSR count). The van der Waals surface area contributed by atoms with E-state index in [1.807, 2.05) is 54.6 Å². The number of hydrogen-bond donors (Lipinski definition) is 0. The lowest BCUT2D eigenvalue weighted by Gasteiger charge is -2.36. The lowest BCUT2D eigenvalue weighted by atomic mass is 9.81. The Morgan fingerprint density at radius 3 is 2.50 bits per heavy atom. The molecule has 110 valence electrons. The van der Waals surface area contributed by atoms with Crippen LogP contribution in [0.4, 0.5) is 0 Å². The second kappa shape index (κ2) is 5.53. The van der Waals surface area contributed by atoms with Crippen molar-refractivity contribution < 1.29 is 14.3 Å². The minimum Gasteiger partial charge on any atom is -0.466 e. The summed E-state index contributed by atoms with van der Waals surface area (Å²) in [6.45, 7) is 3.95. The molecule has 0 fully saturated rings. The Morgan fingerprint density at radius 2 is 1.82 bits per heavy atom. The molecular formula is C19H16O3. The summed E-state index contributed by atoms with van der Waals surface area (Å²) >= 11 is 0. The summed E-state index contributed by atoms with van der Waals surface area (Å²) < 4.78 is 10.9. The molecule has 0 spiro atoms. The van der Waals surface area contributed by atoms with Crippen LogP contribution in [-0.4, -0.2) is 13.1 Å². The van der Waals surface area contributed by atoms with E-state index in [1.165, 1.54) is 7.11 Å². The van der Waals surface area contributed by atoms with Crippen molar-refractivity contribution in [2.75, 3.05) is 7.11 Å². The van der Waals surface area contributed by atoms with Crippen LogP contribution in [0.25, 0.3) is 6.08 Å². The molecule has 0 radical (unpaired) electrons. The van der Waals surface area contributed by atoms with Gasteiger partial charge in [0.25, 0.3) is 0 Å². The minimum absolute atomic E-state index is 0.171. The summed E-state index contributed by atoms with van der Waals surface area (Å²) in [6.07, 6.45) is 3.42. The third-order valence-corrected chi connectivity index (χ3v) is 3.80. The number of methoxy groups -OCH3 is 1. The average Bonchev–Trinajstić information content (AvgIpc) is 2.60. The molecule has 1 unspecified atom stereocenters. The molecule has 1 aliphatic rings. The van der Waals surface area contributed by atoms with Gasteiger partial charge in [0.1, 0.15) is 0 Å². The van der Waals surface area contributed by atoms with Crippen LogP contribution in [0.2, 0.25) is 0 Å². The predicted octanol–water partition coefficient (Wildman–Crippen LogP) is 3.66. The van der Waals surface area contributed by atoms with Gasteiger partial charge < -0.3 is 9.47 Å². The van der Waals surface area contributed by atoms with Gasteiger partial charge in [-0.2, -0.15) is 0 Å². The summed E-state index contributed by atoms with van der Waals surface area (Å²) in [4.78, 5) is 12.0. The number of esters is 1. The zero-order valence-corrected chi connectivity index (χ0v) is 12.3. The zero-order valence-electron chi connectivity index (χ0n) is 12.3. The van der Waals surface area contributed by atoms with Gasteiger partial charge in [0, 0.05) is 11.1 Å². The molecule has 0 N–H and O–H groups in total. The molecular weight excluding hydrogens is 276 g/mol. The molecule has 1 atom stereocenters. The van der Waals surface area contributed by atoms with Gasteiger partial charge in [0.15, 0.2) is 5.60 Å². The van der Waals surface area contributed by atoms with Crippen LogP contribution in [0, 0.1) is 0 Å². The Morgan fingerprint density at radius 1 is 1.14 bits per heavy atom. The van der Waals surface area contributed by atoms with E-state index >= 15 is 0 Å². The van der Waals surface area contributed by atoms with Crippen LogP contribution in [0.3, 0.4) is 0 Å². The van der Waals surface area contributed by atoms with E-state index < -0.39 is 11.6 Å². The number of benzene rings is 2. The van der Waals surface area contributed by atoms with E-state index in [-0.39, 0.29) is 5.76 Å². The van der Waals surface area contributed by atoms with Gasteiger partial charge >= 0.3 is 5.97 Å². The first-order chi connectivity index (χ1) is 10.7. The minimum atomic E-state index is -0.907. The van der Waals surface area contributed by atoms with Gasteiger partial charge in [-0.3, -0.25) is 0 Å². The smallest absolute Gasteiger partial charge is 0.373 e. The second-order valence-electron chi connectivity index (χ2n) is 5.00. The van der Waals surface area contributed by atoms with Crippen LogP contribution in [0.15, 0.2) is 73.0 Å². The summed E-state index contributed by atoms with van der Waals surface area (Å²) in [7, 11) is 1.34. The molecule has 3 nitrogen and oxygen atoms in total. The highest BCUT2D eigenvalue weighted by Gasteiger charge is 2.40. The summed E-state index contributed by atoms with van der Waals surface area (Å²) in [6, 6.07) is 17.5.